The van der Waals surface area contributed by atoms with Gasteiger partial charge in [0.2, 0.25) is 5.91 Å². The van der Waals surface area contributed by atoms with E-state index in [1.165, 1.54) is 4.90 Å². The predicted molar refractivity (Wildman–Crippen MR) is 50.7 cm³/mol. The van der Waals surface area contributed by atoms with E-state index in [1.54, 1.807) is 26.2 Å². The molecule has 0 saturated carbocycles. The monoisotopic (exact) mass is 168 g/mol. The molecule has 0 aliphatic heterocycles. The van der Waals surface area contributed by atoms with Crippen LogP contribution in [0.15, 0.2) is 24.4 Å². The summed E-state index contributed by atoms with van der Waals surface area (Å²) in [5.74, 6) is -0.0101. The first-order valence-corrected chi connectivity index (χ1v) is 3.82. The summed E-state index contributed by atoms with van der Waals surface area (Å²) in [5, 5.41) is 3.01. The van der Waals surface area contributed by atoms with Gasteiger partial charge in [-0.1, -0.05) is 6.08 Å². The Morgan fingerprint density at radius 2 is 2.17 bits per heavy atom. The number of hydrogen-bond donors (Lipinski definition) is 1. The minimum absolute atomic E-state index is 0.0101. The largest absolute Gasteiger partial charge is 0.385 e. The van der Waals surface area contributed by atoms with Crippen LogP contribution >= 0.6 is 0 Å². The number of likely N-dealkylation sites (N-methyl/N-ethyl adjacent to an activating group) is 1. The fourth-order valence-electron chi connectivity index (χ4n) is 0.598. The van der Waals surface area contributed by atoms with Gasteiger partial charge < -0.3 is 10.2 Å². The van der Waals surface area contributed by atoms with Crippen molar-refractivity contribution in [2.24, 2.45) is 0 Å². The Morgan fingerprint density at radius 3 is 2.58 bits per heavy atom. The molecular formula is C9H16N2O. The van der Waals surface area contributed by atoms with E-state index in [0.29, 0.717) is 6.54 Å². The first-order chi connectivity index (χ1) is 5.57. The zero-order chi connectivity index (χ0) is 9.56. The van der Waals surface area contributed by atoms with Crippen LogP contribution in [0.4, 0.5) is 0 Å². The van der Waals surface area contributed by atoms with Crippen LogP contribution in [0.25, 0.3) is 0 Å². The zero-order valence-electron chi connectivity index (χ0n) is 7.92. The summed E-state index contributed by atoms with van der Waals surface area (Å²) in [6.07, 6.45) is 3.31. The molecule has 0 bridgehead atoms. The molecule has 1 N–H and O–H groups in total. The van der Waals surface area contributed by atoms with Crippen molar-refractivity contribution in [3.05, 3.63) is 24.4 Å². The number of rotatable bonds is 4. The summed E-state index contributed by atoms with van der Waals surface area (Å²) < 4.78 is 0. The summed E-state index contributed by atoms with van der Waals surface area (Å²) in [7, 11) is 3.44. The molecular weight excluding hydrogens is 152 g/mol. The predicted octanol–water partition coefficient (Wildman–Crippen LogP) is 0.754. The van der Waals surface area contributed by atoms with E-state index in [1.807, 2.05) is 6.92 Å². The number of amides is 1. The van der Waals surface area contributed by atoms with Gasteiger partial charge in [0, 0.05) is 32.4 Å². The van der Waals surface area contributed by atoms with E-state index in [2.05, 4.69) is 11.9 Å². The minimum atomic E-state index is -0.0101. The minimum Gasteiger partial charge on any atom is -0.385 e. The maximum Gasteiger partial charge on any atom is 0.247 e. The van der Waals surface area contributed by atoms with Crippen LogP contribution in [0.2, 0.25) is 0 Å². The Bertz CT molecular complexity index is 195. The number of hydrogen-bond acceptors (Lipinski definition) is 2. The average Bonchev–Trinajstić information content (AvgIpc) is 2.00. The first-order valence-electron chi connectivity index (χ1n) is 3.82. The molecule has 0 radical (unpaired) electrons. The second-order valence-corrected chi connectivity index (χ2v) is 2.73. The summed E-state index contributed by atoms with van der Waals surface area (Å²) in [5.41, 5.74) is 0.855. The lowest BCUT2D eigenvalue weighted by atomic mass is 10.4. The van der Waals surface area contributed by atoms with Gasteiger partial charge in [0.15, 0.2) is 0 Å². The third-order valence-electron chi connectivity index (χ3n) is 1.31. The zero-order valence-corrected chi connectivity index (χ0v) is 7.92. The van der Waals surface area contributed by atoms with Crippen molar-refractivity contribution in [1.29, 1.82) is 0 Å². The molecule has 68 valence electrons. The van der Waals surface area contributed by atoms with Gasteiger partial charge in [-0.15, -0.1) is 6.58 Å². The summed E-state index contributed by atoms with van der Waals surface area (Å²) in [6, 6.07) is 0. The fourth-order valence-corrected chi connectivity index (χ4v) is 0.598. The first kappa shape index (κ1) is 10.8. The van der Waals surface area contributed by atoms with E-state index < -0.39 is 0 Å². The van der Waals surface area contributed by atoms with E-state index in [0.717, 1.165) is 5.70 Å². The number of nitrogens with zero attached hydrogens (tertiary/aromatic N) is 1. The van der Waals surface area contributed by atoms with E-state index in [9.17, 15) is 4.79 Å². The molecule has 0 aliphatic carbocycles. The molecule has 0 unspecified atom stereocenters. The van der Waals surface area contributed by atoms with Crippen LogP contribution in [0.1, 0.15) is 6.92 Å². The molecule has 0 rings (SSSR count). The smallest absolute Gasteiger partial charge is 0.247 e. The fraction of sp³-hybridized carbons (Fsp3) is 0.444. The van der Waals surface area contributed by atoms with Crippen molar-refractivity contribution in [1.82, 2.24) is 10.2 Å². The number of allylic oxidation sites excluding steroid dienone is 1. The maximum absolute atomic E-state index is 11.1. The topological polar surface area (TPSA) is 32.3 Å². The van der Waals surface area contributed by atoms with Crippen molar-refractivity contribution in [2.75, 3.05) is 20.6 Å². The highest BCUT2D eigenvalue weighted by atomic mass is 16.2. The summed E-state index contributed by atoms with van der Waals surface area (Å²) in [4.78, 5) is 12.6. The van der Waals surface area contributed by atoms with Gasteiger partial charge in [-0.3, -0.25) is 4.79 Å². The molecule has 3 heteroatoms. The molecule has 0 saturated heterocycles. The SMILES string of the molecule is C=CCNC(C)=CC(=O)N(C)C. The summed E-state index contributed by atoms with van der Waals surface area (Å²) >= 11 is 0. The van der Waals surface area contributed by atoms with Gasteiger partial charge in [0.05, 0.1) is 0 Å². The average molecular weight is 168 g/mol. The molecule has 0 aromatic heterocycles. The van der Waals surface area contributed by atoms with Crippen molar-refractivity contribution in [3.8, 4) is 0 Å². The Balaban J connectivity index is 3.97. The highest BCUT2D eigenvalue weighted by Gasteiger charge is 1.98. The summed E-state index contributed by atoms with van der Waals surface area (Å²) in [6.45, 7) is 6.10. The third kappa shape index (κ3) is 4.55. The van der Waals surface area contributed by atoms with Gasteiger partial charge in [0.25, 0.3) is 0 Å². The lowest BCUT2D eigenvalue weighted by Gasteiger charge is -2.08. The molecule has 0 atom stereocenters. The number of nitrogens with one attached hydrogen (secondary N) is 1. The molecule has 0 fully saturated rings. The van der Waals surface area contributed by atoms with E-state index in [4.69, 9.17) is 0 Å². The lowest BCUT2D eigenvalue weighted by Crippen LogP contribution is -2.21. The Kier molecular flexibility index (Phi) is 4.84. The van der Waals surface area contributed by atoms with Crippen LogP contribution in [0.5, 0.6) is 0 Å². The molecule has 0 aliphatic rings. The lowest BCUT2D eigenvalue weighted by molar-refractivity contribution is -0.123. The molecule has 0 heterocycles. The Hall–Kier alpha value is -1.25. The number of carbonyl (C=O) groups is 1. The normalized spacial score (nSPS) is 10.8. The molecule has 0 spiro atoms. The van der Waals surface area contributed by atoms with Gasteiger partial charge >= 0.3 is 0 Å². The van der Waals surface area contributed by atoms with Crippen molar-refractivity contribution in [2.45, 2.75) is 6.92 Å². The molecule has 3 nitrogen and oxygen atoms in total. The van der Waals surface area contributed by atoms with Gasteiger partial charge in [-0.05, 0) is 6.92 Å². The van der Waals surface area contributed by atoms with Crippen LogP contribution in [0, 0.1) is 0 Å². The second-order valence-electron chi connectivity index (χ2n) is 2.73. The molecule has 0 aromatic rings. The van der Waals surface area contributed by atoms with Gasteiger partial charge in [0.1, 0.15) is 0 Å². The van der Waals surface area contributed by atoms with Gasteiger partial charge in [-0.25, -0.2) is 0 Å². The molecule has 0 aromatic carbocycles. The second kappa shape index (κ2) is 5.41. The van der Waals surface area contributed by atoms with E-state index >= 15 is 0 Å². The van der Waals surface area contributed by atoms with Crippen molar-refractivity contribution < 1.29 is 4.79 Å². The van der Waals surface area contributed by atoms with E-state index in [-0.39, 0.29) is 5.91 Å². The quantitative estimate of drug-likeness (QED) is 0.496. The van der Waals surface area contributed by atoms with Crippen molar-refractivity contribution in [3.63, 3.8) is 0 Å². The standard InChI is InChI=1S/C9H16N2O/c1-5-6-10-8(2)7-9(12)11(3)4/h5,7,10H,1,6H2,2-4H3. The molecule has 1 amide bonds. The highest BCUT2D eigenvalue weighted by molar-refractivity contribution is 5.87. The Labute approximate surface area is 73.8 Å². The third-order valence-corrected chi connectivity index (χ3v) is 1.31. The molecule has 12 heavy (non-hydrogen) atoms. The maximum atomic E-state index is 11.1. The van der Waals surface area contributed by atoms with Gasteiger partial charge in [-0.2, -0.15) is 0 Å². The van der Waals surface area contributed by atoms with Crippen LogP contribution in [0.3, 0.4) is 0 Å². The highest BCUT2D eigenvalue weighted by Crippen LogP contribution is 1.89. The van der Waals surface area contributed by atoms with Crippen molar-refractivity contribution >= 4 is 5.91 Å². The van der Waals surface area contributed by atoms with Crippen LogP contribution in [-0.2, 0) is 4.79 Å². The number of carbonyl (C=O) groups excluding carboxylic acids is 1. The van der Waals surface area contributed by atoms with Crippen LogP contribution < -0.4 is 5.32 Å². The Morgan fingerprint density at radius 1 is 1.58 bits per heavy atom. The van der Waals surface area contributed by atoms with Crippen LogP contribution in [-0.4, -0.2) is 31.4 Å².